The lowest BCUT2D eigenvalue weighted by Gasteiger charge is -2.26. The fourth-order valence-electron chi connectivity index (χ4n) is 2.60. The topological polar surface area (TPSA) is 147 Å². The molecule has 0 aliphatic carbocycles. The highest BCUT2D eigenvalue weighted by Gasteiger charge is 2.55. The Labute approximate surface area is 124 Å². The van der Waals surface area contributed by atoms with Gasteiger partial charge in [-0.25, -0.2) is 0 Å². The second kappa shape index (κ2) is 4.82. The smallest absolute Gasteiger partial charge is 0.261 e. The number of anilines is 1. The first-order valence-electron chi connectivity index (χ1n) is 6.43. The van der Waals surface area contributed by atoms with Gasteiger partial charge in [0.05, 0.1) is 12.0 Å². The van der Waals surface area contributed by atoms with Crippen molar-refractivity contribution in [3.63, 3.8) is 0 Å². The molecule has 6 N–H and O–H groups in total. The van der Waals surface area contributed by atoms with Crippen LogP contribution in [0.25, 0.3) is 11.0 Å². The first kappa shape index (κ1) is 14.6. The predicted octanol–water partition coefficient (Wildman–Crippen LogP) is -2.08. The van der Waals surface area contributed by atoms with Crippen LogP contribution in [0.5, 0.6) is 0 Å². The summed E-state index contributed by atoms with van der Waals surface area (Å²) in [6.07, 6.45) is 2.98. The van der Waals surface area contributed by atoms with Gasteiger partial charge in [0.1, 0.15) is 12.2 Å². The first-order valence-corrected chi connectivity index (χ1v) is 6.43. The Bertz CT molecular complexity index is 822. The number of terminal acetylenes is 1. The molecule has 0 radical (unpaired) electrons. The quantitative estimate of drug-likeness (QED) is 0.400. The van der Waals surface area contributed by atoms with E-state index in [1.165, 1.54) is 16.8 Å². The van der Waals surface area contributed by atoms with E-state index < -0.39 is 36.2 Å². The number of H-pyrrole nitrogens is 1. The van der Waals surface area contributed by atoms with Crippen LogP contribution in [0, 0.1) is 12.3 Å². The van der Waals surface area contributed by atoms with Gasteiger partial charge in [0.2, 0.25) is 5.95 Å². The first-order chi connectivity index (χ1) is 10.4. The molecule has 2 aromatic heterocycles. The Hall–Kier alpha value is -2.38. The molecule has 3 heterocycles. The summed E-state index contributed by atoms with van der Waals surface area (Å²) in [4.78, 5) is 18.2. The molecule has 4 atom stereocenters. The summed E-state index contributed by atoms with van der Waals surface area (Å²) in [7, 11) is 0. The number of nitrogen functional groups attached to an aromatic ring is 1. The molecule has 22 heavy (non-hydrogen) atoms. The molecule has 2 aromatic rings. The van der Waals surface area contributed by atoms with E-state index in [0.717, 1.165) is 0 Å². The maximum atomic E-state index is 11.8. The minimum absolute atomic E-state index is 0.112. The molecule has 0 spiro atoms. The summed E-state index contributed by atoms with van der Waals surface area (Å²) in [5.74, 6) is 1.98. The van der Waals surface area contributed by atoms with Crippen molar-refractivity contribution < 1.29 is 20.1 Å². The predicted molar refractivity (Wildman–Crippen MR) is 75.6 cm³/mol. The number of aromatic amines is 1. The lowest BCUT2D eigenvalue weighted by Crippen LogP contribution is -2.45. The maximum Gasteiger partial charge on any atom is 0.261 e. The lowest BCUT2D eigenvalue weighted by molar-refractivity contribution is -0.0718. The summed E-state index contributed by atoms with van der Waals surface area (Å²) in [5, 5.41) is 30.0. The minimum atomic E-state index is -2.08. The molecule has 1 saturated heterocycles. The van der Waals surface area contributed by atoms with Gasteiger partial charge in [-0.15, -0.1) is 6.42 Å². The van der Waals surface area contributed by atoms with Crippen LogP contribution in [-0.4, -0.2) is 54.3 Å². The van der Waals surface area contributed by atoms with Crippen LogP contribution in [0.1, 0.15) is 6.23 Å². The van der Waals surface area contributed by atoms with Crippen LogP contribution in [0.3, 0.4) is 0 Å². The number of hydrogen-bond donors (Lipinski definition) is 5. The fourth-order valence-corrected chi connectivity index (χ4v) is 2.60. The molecular formula is C13H14N4O5. The van der Waals surface area contributed by atoms with Crippen molar-refractivity contribution in [2.75, 3.05) is 12.3 Å². The molecule has 0 bridgehead atoms. The van der Waals surface area contributed by atoms with Gasteiger partial charge in [0.25, 0.3) is 5.56 Å². The third kappa shape index (κ3) is 1.83. The highest BCUT2D eigenvalue weighted by Crippen LogP contribution is 2.39. The largest absolute Gasteiger partial charge is 0.394 e. The van der Waals surface area contributed by atoms with Crippen molar-refractivity contribution in [1.29, 1.82) is 0 Å². The SMILES string of the molecule is C#CC1(O)C(O)[C@@H](CO)O[C@H]1n1ccc2c(=O)[nH]c(N)nc21. The van der Waals surface area contributed by atoms with Crippen LogP contribution < -0.4 is 11.3 Å². The Balaban J connectivity index is 2.19. The van der Waals surface area contributed by atoms with Crippen molar-refractivity contribution in [2.45, 2.75) is 24.0 Å². The average Bonchev–Trinajstić information content (AvgIpc) is 3.00. The van der Waals surface area contributed by atoms with Crippen LogP contribution in [0.4, 0.5) is 5.95 Å². The van der Waals surface area contributed by atoms with Crippen molar-refractivity contribution in [2.24, 2.45) is 0 Å². The molecule has 9 heteroatoms. The molecule has 0 amide bonds. The number of aromatic nitrogens is 3. The maximum absolute atomic E-state index is 11.8. The third-order valence-electron chi connectivity index (χ3n) is 3.75. The van der Waals surface area contributed by atoms with Crippen molar-refractivity contribution in [3.8, 4) is 12.3 Å². The average molecular weight is 306 g/mol. The minimum Gasteiger partial charge on any atom is -0.394 e. The van der Waals surface area contributed by atoms with Crippen LogP contribution in [0.15, 0.2) is 17.1 Å². The molecule has 1 fully saturated rings. The van der Waals surface area contributed by atoms with Gasteiger partial charge in [-0.3, -0.25) is 9.78 Å². The summed E-state index contributed by atoms with van der Waals surface area (Å²) in [6, 6.07) is 1.46. The second-order valence-electron chi connectivity index (χ2n) is 5.04. The van der Waals surface area contributed by atoms with Crippen molar-refractivity contribution >= 4 is 17.0 Å². The number of fused-ring (bicyclic) bond motifs is 1. The molecular weight excluding hydrogens is 292 g/mol. The number of nitrogens with one attached hydrogen (secondary N) is 1. The monoisotopic (exact) mass is 306 g/mol. The van der Waals surface area contributed by atoms with Crippen LogP contribution in [0.2, 0.25) is 0 Å². The van der Waals surface area contributed by atoms with Crippen molar-refractivity contribution in [1.82, 2.24) is 14.5 Å². The summed E-state index contributed by atoms with van der Waals surface area (Å²) in [6.45, 7) is -0.531. The Kier molecular flexibility index (Phi) is 3.19. The van der Waals surface area contributed by atoms with Crippen molar-refractivity contribution in [3.05, 3.63) is 22.6 Å². The Morgan fingerprint density at radius 2 is 2.36 bits per heavy atom. The molecule has 1 aliphatic heterocycles. The van der Waals surface area contributed by atoms with Gasteiger partial charge < -0.3 is 30.4 Å². The number of nitrogens with zero attached hydrogens (tertiary/aromatic N) is 2. The molecule has 116 valence electrons. The molecule has 2 unspecified atom stereocenters. The molecule has 9 nitrogen and oxygen atoms in total. The summed E-state index contributed by atoms with van der Waals surface area (Å²) >= 11 is 0. The van der Waals surface area contributed by atoms with Gasteiger partial charge in [-0.05, 0) is 6.07 Å². The second-order valence-corrected chi connectivity index (χ2v) is 5.04. The third-order valence-corrected chi connectivity index (χ3v) is 3.75. The number of ether oxygens (including phenoxy) is 1. The number of nitrogens with two attached hydrogens (primary N) is 1. The van der Waals surface area contributed by atoms with Gasteiger partial charge in [0, 0.05) is 6.20 Å². The summed E-state index contributed by atoms with van der Waals surface area (Å²) < 4.78 is 6.74. The van der Waals surface area contributed by atoms with E-state index in [1.807, 2.05) is 0 Å². The zero-order valence-electron chi connectivity index (χ0n) is 11.3. The standard InChI is InChI=1S/C13H14N4O5/c1-2-13(21)8(19)7(5-18)22-11(13)17-4-3-6-9(17)15-12(14)16-10(6)20/h1,3-4,7-8,11,18-19,21H,5H2,(H3,14,15,16,20)/t7-,8?,11-,13?/m1/s1. The Morgan fingerprint density at radius 1 is 1.64 bits per heavy atom. The summed E-state index contributed by atoms with van der Waals surface area (Å²) in [5.41, 5.74) is 3.12. The molecule has 3 rings (SSSR count). The van der Waals surface area contributed by atoms with E-state index in [4.69, 9.17) is 16.9 Å². The van der Waals surface area contributed by atoms with Crippen LogP contribution in [-0.2, 0) is 4.74 Å². The molecule has 1 aliphatic rings. The fraction of sp³-hybridized carbons (Fsp3) is 0.385. The highest BCUT2D eigenvalue weighted by molar-refractivity contribution is 5.76. The van der Waals surface area contributed by atoms with Crippen LogP contribution >= 0.6 is 0 Å². The normalized spacial score (nSPS) is 31.5. The van der Waals surface area contributed by atoms with E-state index >= 15 is 0 Å². The van der Waals surface area contributed by atoms with E-state index in [1.54, 1.807) is 0 Å². The van der Waals surface area contributed by atoms with E-state index in [0.29, 0.717) is 0 Å². The molecule has 0 aromatic carbocycles. The lowest BCUT2D eigenvalue weighted by atomic mass is 9.95. The number of hydrogen-bond acceptors (Lipinski definition) is 7. The zero-order chi connectivity index (χ0) is 16.1. The Morgan fingerprint density at radius 3 is 3.00 bits per heavy atom. The van der Waals surface area contributed by atoms with E-state index in [2.05, 4.69) is 15.9 Å². The van der Waals surface area contributed by atoms with Gasteiger partial charge >= 0.3 is 0 Å². The molecule has 0 saturated carbocycles. The number of rotatable bonds is 2. The van der Waals surface area contributed by atoms with E-state index in [9.17, 15) is 20.1 Å². The van der Waals surface area contributed by atoms with E-state index in [-0.39, 0.29) is 17.0 Å². The van der Waals surface area contributed by atoms with Gasteiger partial charge in [-0.2, -0.15) is 4.98 Å². The highest BCUT2D eigenvalue weighted by atomic mass is 16.6. The number of aliphatic hydroxyl groups is 3. The zero-order valence-corrected chi connectivity index (χ0v) is 11.3. The van der Waals surface area contributed by atoms with Gasteiger partial charge in [-0.1, -0.05) is 5.92 Å². The number of aliphatic hydroxyl groups excluding tert-OH is 2. The van der Waals surface area contributed by atoms with Gasteiger partial charge in [0.15, 0.2) is 17.5 Å².